The summed E-state index contributed by atoms with van der Waals surface area (Å²) in [4.78, 5) is 19.0. The van der Waals surface area contributed by atoms with Crippen LogP contribution in [0.25, 0.3) is 0 Å². The molecule has 1 fully saturated rings. The van der Waals surface area contributed by atoms with Crippen LogP contribution in [-0.2, 0) is 16.1 Å². The van der Waals surface area contributed by atoms with Crippen LogP contribution in [0, 0.1) is 5.92 Å². The van der Waals surface area contributed by atoms with Gasteiger partial charge in [0.15, 0.2) is 5.96 Å². The number of nitrogens with one attached hydrogen (secondary N) is 1. The van der Waals surface area contributed by atoms with Crippen LogP contribution in [0.5, 0.6) is 5.75 Å². The first kappa shape index (κ1) is 22.1. The lowest BCUT2D eigenvalue weighted by atomic mass is 9.97. The third-order valence-electron chi connectivity index (χ3n) is 4.54. The number of aliphatic imine (C=N–C) groups is 1. The molecular weight excluding hydrogens is 354 g/mol. The van der Waals surface area contributed by atoms with Crippen molar-refractivity contribution in [2.75, 3.05) is 26.2 Å². The number of nitrogens with zero attached hydrogens (tertiary/aromatic N) is 2. The fourth-order valence-electron chi connectivity index (χ4n) is 3.24. The van der Waals surface area contributed by atoms with Crippen molar-refractivity contribution in [3.63, 3.8) is 0 Å². The summed E-state index contributed by atoms with van der Waals surface area (Å²) in [5.74, 6) is 1.68. The van der Waals surface area contributed by atoms with Gasteiger partial charge in [-0.25, -0.2) is 4.99 Å². The van der Waals surface area contributed by atoms with E-state index < -0.39 is 0 Å². The Kier molecular flexibility index (Phi) is 8.15. The lowest BCUT2D eigenvalue weighted by Crippen LogP contribution is -2.46. The van der Waals surface area contributed by atoms with E-state index in [1.54, 1.807) is 0 Å². The smallest absolute Gasteiger partial charge is 0.309 e. The summed E-state index contributed by atoms with van der Waals surface area (Å²) in [7, 11) is 0. The number of hydrogen-bond acceptors (Lipinski definition) is 4. The molecule has 1 aliphatic heterocycles. The van der Waals surface area contributed by atoms with Crippen molar-refractivity contribution >= 4 is 11.9 Å². The first-order valence-corrected chi connectivity index (χ1v) is 10.3. The van der Waals surface area contributed by atoms with Crippen molar-refractivity contribution in [3.05, 3.63) is 29.8 Å². The number of para-hydroxylation sites is 1. The Balaban J connectivity index is 2.05. The van der Waals surface area contributed by atoms with Gasteiger partial charge in [-0.05, 0) is 53.5 Å². The summed E-state index contributed by atoms with van der Waals surface area (Å²) >= 11 is 0. The summed E-state index contributed by atoms with van der Waals surface area (Å²) in [6, 6.07) is 8.05. The highest BCUT2D eigenvalue weighted by atomic mass is 16.5. The zero-order valence-corrected chi connectivity index (χ0v) is 18.0. The second-order valence-electron chi connectivity index (χ2n) is 8.01. The van der Waals surface area contributed by atoms with Crippen molar-refractivity contribution < 1.29 is 14.3 Å². The fourth-order valence-corrected chi connectivity index (χ4v) is 3.24. The van der Waals surface area contributed by atoms with Gasteiger partial charge < -0.3 is 19.7 Å². The predicted molar refractivity (Wildman–Crippen MR) is 113 cm³/mol. The highest BCUT2D eigenvalue weighted by Crippen LogP contribution is 2.24. The Morgan fingerprint density at radius 3 is 2.50 bits per heavy atom. The van der Waals surface area contributed by atoms with E-state index in [9.17, 15) is 4.79 Å². The second-order valence-corrected chi connectivity index (χ2v) is 8.01. The minimum absolute atomic E-state index is 0.0000110. The molecule has 6 heteroatoms. The minimum atomic E-state index is -0.251. The maximum Gasteiger partial charge on any atom is 0.309 e. The van der Waals surface area contributed by atoms with Crippen LogP contribution in [0.2, 0.25) is 0 Å². The number of benzene rings is 1. The number of piperidine rings is 1. The minimum Gasteiger partial charge on any atom is -0.488 e. The molecule has 0 radical (unpaired) electrons. The van der Waals surface area contributed by atoms with Crippen molar-refractivity contribution in [2.24, 2.45) is 10.9 Å². The lowest BCUT2D eigenvalue weighted by molar-refractivity contribution is -0.149. The number of hydrogen-bond donors (Lipinski definition) is 1. The highest BCUT2D eigenvalue weighted by Gasteiger charge is 2.27. The van der Waals surface area contributed by atoms with E-state index in [1.165, 1.54) is 0 Å². The SMILES string of the molecule is CCNC(=NCc1ccccc1OC(C)(C)C)N1CCC(C(=O)OCC)CC1. The van der Waals surface area contributed by atoms with Gasteiger partial charge in [0.1, 0.15) is 11.4 Å². The van der Waals surface area contributed by atoms with Crippen LogP contribution in [0.3, 0.4) is 0 Å². The first-order chi connectivity index (χ1) is 13.3. The number of rotatable bonds is 6. The van der Waals surface area contributed by atoms with E-state index in [-0.39, 0.29) is 17.5 Å². The molecule has 0 spiro atoms. The maximum absolute atomic E-state index is 12.0. The van der Waals surface area contributed by atoms with E-state index in [1.807, 2.05) is 45.9 Å². The molecule has 1 N–H and O–H groups in total. The van der Waals surface area contributed by atoms with Gasteiger partial charge in [0, 0.05) is 25.2 Å². The Bertz CT molecular complexity index is 659. The number of esters is 1. The largest absolute Gasteiger partial charge is 0.488 e. The van der Waals surface area contributed by atoms with Gasteiger partial charge in [-0.1, -0.05) is 18.2 Å². The molecule has 0 atom stereocenters. The lowest BCUT2D eigenvalue weighted by Gasteiger charge is -2.33. The predicted octanol–water partition coefficient (Wildman–Crippen LogP) is 3.60. The third-order valence-corrected chi connectivity index (χ3v) is 4.54. The molecule has 1 heterocycles. The maximum atomic E-state index is 12.0. The van der Waals surface area contributed by atoms with E-state index in [4.69, 9.17) is 14.5 Å². The molecular formula is C22H35N3O3. The van der Waals surface area contributed by atoms with Gasteiger partial charge in [-0.2, -0.15) is 0 Å². The summed E-state index contributed by atoms with van der Waals surface area (Å²) in [5, 5.41) is 3.38. The monoisotopic (exact) mass is 389 g/mol. The van der Waals surface area contributed by atoms with E-state index >= 15 is 0 Å². The molecule has 0 saturated carbocycles. The van der Waals surface area contributed by atoms with E-state index in [2.05, 4.69) is 23.2 Å². The molecule has 1 aliphatic rings. The topological polar surface area (TPSA) is 63.2 Å². The quantitative estimate of drug-likeness (QED) is 0.457. The summed E-state index contributed by atoms with van der Waals surface area (Å²) in [6.45, 7) is 13.5. The van der Waals surface area contributed by atoms with Crippen LogP contribution >= 0.6 is 0 Å². The van der Waals surface area contributed by atoms with Crippen molar-refractivity contribution in [1.29, 1.82) is 0 Å². The summed E-state index contributed by atoms with van der Waals surface area (Å²) in [5.41, 5.74) is 0.813. The van der Waals surface area contributed by atoms with Gasteiger partial charge >= 0.3 is 5.97 Å². The number of guanidine groups is 1. The Morgan fingerprint density at radius 2 is 1.89 bits per heavy atom. The highest BCUT2D eigenvalue weighted by molar-refractivity contribution is 5.80. The summed E-state index contributed by atoms with van der Waals surface area (Å²) in [6.07, 6.45) is 1.60. The van der Waals surface area contributed by atoms with Crippen molar-refractivity contribution in [3.8, 4) is 5.75 Å². The van der Waals surface area contributed by atoms with Gasteiger partial charge in [-0.15, -0.1) is 0 Å². The van der Waals surface area contributed by atoms with Crippen LogP contribution < -0.4 is 10.1 Å². The molecule has 2 rings (SSSR count). The van der Waals surface area contributed by atoms with E-state index in [0.717, 1.165) is 49.7 Å². The molecule has 1 aromatic rings. The fraction of sp³-hybridized carbons (Fsp3) is 0.636. The number of likely N-dealkylation sites (tertiary alicyclic amines) is 1. The molecule has 0 unspecified atom stereocenters. The molecule has 0 aromatic heterocycles. The summed E-state index contributed by atoms with van der Waals surface area (Å²) < 4.78 is 11.2. The molecule has 28 heavy (non-hydrogen) atoms. The molecule has 0 aliphatic carbocycles. The zero-order chi connectivity index (χ0) is 20.6. The average Bonchev–Trinajstić information content (AvgIpc) is 2.65. The molecule has 1 saturated heterocycles. The number of carbonyl (C=O) groups excluding carboxylic acids is 1. The van der Waals surface area contributed by atoms with Crippen LogP contribution in [-0.4, -0.2) is 48.7 Å². The van der Waals surface area contributed by atoms with Gasteiger partial charge in [0.05, 0.1) is 19.1 Å². The third kappa shape index (κ3) is 6.73. The van der Waals surface area contributed by atoms with E-state index in [0.29, 0.717) is 13.2 Å². The van der Waals surface area contributed by atoms with Crippen molar-refractivity contribution in [1.82, 2.24) is 10.2 Å². The Morgan fingerprint density at radius 1 is 1.21 bits per heavy atom. The Hall–Kier alpha value is -2.24. The molecule has 6 nitrogen and oxygen atoms in total. The molecule has 0 bridgehead atoms. The number of ether oxygens (including phenoxy) is 2. The molecule has 0 amide bonds. The van der Waals surface area contributed by atoms with Crippen LogP contribution in [0.4, 0.5) is 0 Å². The number of carbonyl (C=O) groups is 1. The second kappa shape index (κ2) is 10.3. The average molecular weight is 390 g/mol. The van der Waals surface area contributed by atoms with Crippen LogP contribution in [0.15, 0.2) is 29.3 Å². The van der Waals surface area contributed by atoms with Crippen molar-refractivity contribution in [2.45, 2.75) is 59.6 Å². The van der Waals surface area contributed by atoms with Crippen LogP contribution in [0.1, 0.15) is 53.0 Å². The standard InChI is InChI=1S/C22H35N3O3/c1-6-23-21(25-14-12-17(13-15-25)20(26)27-7-2)24-16-18-10-8-9-11-19(18)28-22(3,4)5/h8-11,17H,6-7,12-16H2,1-5H3,(H,23,24). The Labute approximate surface area is 169 Å². The van der Waals surface area contributed by atoms with Gasteiger partial charge in [-0.3, -0.25) is 4.79 Å². The molecule has 156 valence electrons. The van der Waals surface area contributed by atoms with Gasteiger partial charge in [0.2, 0.25) is 0 Å². The first-order valence-electron chi connectivity index (χ1n) is 10.3. The normalized spacial score (nSPS) is 16.0. The molecule has 1 aromatic carbocycles. The van der Waals surface area contributed by atoms with Gasteiger partial charge in [0.25, 0.3) is 0 Å². The zero-order valence-electron chi connectivity index (χ0n) is 18.0.